The van der Waals surface area contributed by atoms with Crippen LogP contribution in [0.5, 0.6) is 5.75 Å². The lowest BCUT2D eigenvalue weighted by molar-refractivity contribution is -0.110. The summed E-state index contributed by atoms with van der Waals surface area (Å²) in [6.45, 7) is 0. The molecule has 0 heterocycles. The molecule has 0 bridgehead atoms. The molecule has 0 aliphatic rings. The minimum atomic E-state index is -0.447. The van der Waals surface area contributed by atoms with Crippen LogP contribution < -0.4 is 21.3 Å². The number of thiocarbonyl (C=S) groups is 1. The molecule has 0 saturated carbocycles. The van der Waals surface area contributed by atoms with Gasteiger partial charge in [-0.15, -0.1) is 0 Å². The molecule has 1 rings (SSSR count). The predicted octanol–water partition coefficient (Wildman–Crippen LogP) is 0.424. The van der Waals surface area contributed by atoms with E-state index in [9.17, 15) is 4.79 Å². The Morgan fingerprint density at radius 1 is 1.40 bits per heavy atom. The molecule has 4 N–H and O–H groups in total. The number of hydrogen-bond donors (Lipinski definition) is 3. The number of benzene rings is 1. The van der Waals surface area contributed by atoms with Crippen molar-refractivity contribution in [3.63, 3.8) is 0 Å². The molecule has 1 aromatic carbocycles. The molecule has 5 nitrogen and oxygen atoms in total. The van der Waals surface area contributed by atoms with Crippen LogP contribution in [-0.4, -0.2) is 18.0 Å². The topological polar surface area (TPSA) is 76.4 Å². The largest absolute Gasteiger partial charge is 0.497 e. The van der Waals surface area contributed by atoms with Crippen LogP contribution in [0.3, 0.4) is 0 Å². The third-order valence-electron chi connectivity index (χ3n) is 1.69. The van der Waals surface area contributed by atoms with Crippen molar-refractivity contribution in [2.45, 2.75) is 0 Å². The molecule has 0 saturated heterocycles. The quantitative estimate of drug-likeness (QED) is 0.386. The number of hydrogen-bond acceptors (Lipinski definition) is 4. The number of nitrogens with one attached hydrogen (secondary N) is 2. The zero-order valence-corrected chi connectivity index (χ0v) is 8.93. The zero-order valence-electron chi connectivity index (χ0n) is 8.11. The fraction of sp³-hybridized carbons (Fsp3) is 0.111. The van der Waals surface area contributed by atoms with Crippen LogP contribution in [-0.2, 0) is 4.79 Å². The lowest BCUT2D eigenvalue weighted by Gasteiger charge is -2.06. The third kappa shape index (κ3) is 3.19. The minimum Gasteiger partial charge on any atom is -0.497 e. The highest BCUT2D eigenvalue weighted by molar-refractivity contribution is 7.82. The van der Waals surface area contributed by atoms with E-state index in [0.29, 0.717) is 11.4 Å². The number of nitrogens with two attached hydrogens (primary N) is 1. The van der Waals surface area contributed by atoms with E-state index in [0.717, 1.165) is 0 Å². The average molecular weight is 225 g/mol. The predicted molar refractivity (Wildman–Crippen MR) is 61.5 cm³/mol. The molecule has 0 atom stereocenters. The number of anilines is 1. The zero-order chi connectivity index (χ0) is 11.3. The summed E-state index contributed by atoms with van der Waals surface area (Å²) in [6.07, 6.45) is 0. The Morgan fingerprint density at radius 3 is 2.47 bits per heavy atom. The molecular formula is C9H11N3O2S. The van der Waals surface area contributed by atoms with Crippen molar-refractivity contribution in [2.75, 3.05) is 12.4 Å². The summed E-state index contributed by atoms with van der Waals surface area (Å²) in [5, 5.41) is 2.57. The van der Waals surface area contributed by atoms with Crippen molar-refractivity contribution in [1.82, 2.24) is 5.43 Å². The van der Waals surface area contributed by atoms with Crippen LogP contribution in [0.25, 0.3) is 0 Å². The van der Waals surface area contributed by atoms with E-state index in [4.69, 9.17) is 10.6 Å². The van der Waals surface area contributed by atoms with Crippen molar-refractivity contribution in [1.29, 1.82) is 0 Å². The maximum Gasteiger partial charge on any atom is 0.284 e. The normalized spacial score (nSPS) is 9.20. The first kappa shape index (κ1) is 11.4. The highest BCUT2D eigenvalue weighted by Crippen LogP contribution is 2.14. The first-order valence-electron chi connectivity index (χ1n) is 4.13. The summed E-state index contributed by atoms with van der Waals surface area (Å²) in [5.41, 5.74) is 2.73. The lowest BCUT2D eigenvalue weighted by atomic mass is 10.3. The van der Waals surface area contributed by atoms with Crippen LogP contribution in [0, 0.1) is 0 Å². The van der Waals surface area contributed by atoms with E-state index in [-0.39, 0.29) is 4.99 Å². The number of rotatable bonds is 2. The van der Waals surface area contributed by atoms with E-state index in [1.165, 1.54) is 0 Å². The van der Waals surface area contributed by atoms with Crippen molar-refractivity contribution >= 4 is 28.8 Å². The molecule has 0 aromatic heterocycles. The van der Waals surface area contributed by atoms with Crippen molar-refractivity contribution in [3.8, 4) is 5.75 Å². The molecule has 6 heteroatoms. The van der Waals surface area contributed by atoms with Gasteiger partial charge in [-0.05, 0) is 24.3 Å². The van der Waals surface area contributed by atoms with Gasteiger partial charge in [0, 0.05) is 5.69 Å². The number of amides is 1. The van der Waals surface area contributed by atoms with Crippen LogP contribution in [0.2, 0.25) is 0 Å². The van der Waals surface area contributed by atoms with Crippen LogP contribution in [0.15, 0.2) is 24.3 Å². The van der Waals surface area contributed by atoms with Crippen molar-refractivity contribution < 1.29 is 9.53 Å². The molecular weight excluding hydrogens is 214 g/mol. The number of carbonyl (C=O) groups excluding carboxylic acids is 1. The van der Waals surface area contributed by atoms with Gasteiger partial charge >= 0.3 is 0 Å². The Balaban J connectivity index is 2.65. The Hall–Kier alpha value is -1.66. The average Bonchev–Trinajstić information content (AvgIpc) is 2.29. The first-order chi connectivity index (χ1) is 7.17. The summed E-state index contributed by atoms with van der Waals surface area (Å²) in [6, 6.07) is 6.87. The Morgan fingerprint density at radius 2 is 2.00 bits per heavy atom. The number of methoxy groups -OCH3 is 1. The fourth-order valence-corrected chi connectivity index (χ4v) is 0.979. The molecule has 15 heavy (non-hydrogen) atoms. The van der Waals surface area contributed by atoms with Gasteiger partial charge in [-0.3, -0.25) is 4.79 Å². The van der Waals surface area contributed by atoms with Gasteiger partial charge in [0.15, 0.2) is 4.99 Å². The highest BCUT2D eigenvalue weighted by Gasteiger charge is 2.06. The molecule has 80 valence electrons. The second-order valence-corrected chi connectivity index (χ2v) is 3.06. The summed E-state index contributed by atoms with van der Waals surface area (Å²) in [5.74, 6) is 5.27. The van der Waals surface area contributed by atoms with E-state index in [1.54, 1.807) is 31.4 Å². The molecule has 0 spiro atoms. The third-order valence-corrected chi connectivity index (χ3v) is 1.99. The molecule has 1 amide bonds. The SMILES string of the molecule is COc1ccc(NC(=O)C(=S)NN)cc1. The van der Waals surface area contributed by atoms with Gasteiger partial charge < -0.3 is 15.5 Å². The first-order valence-corrected chi connectivity index (χ1v) is 4.54. The van der Waals surface area contributed by atoms with Gasteiger partial charge in [0.2, 0.25) is 0 Å². The molecule has 0 aliphatic carbocycles. The Kier molecular flexibility index (Phi) is 4.02. The standard InChI is InChI=1S/C9H11N3O2S/c1-14-7-4-2-6(3-5-7)11-8(13)9(15)12-10/h2-5H,10H2,1H3,(H,11,13)(H,12,15). The van der Waals surface area contributed by atoms with E-state index in [1.807, 2.05) is 0 Å². The van der Waals surface area contributed by atoms with Gasteiger partial charge in [-0.1, -0.05) is 12.2 Å². The Bertz CT molecular complexity index is 364. The summed E-state index contributed by atoms with van der Waals surface area (Å²) in [7, 11) is 1.57. The summed E-state index contributed by atoms with van der Waals surface area (Å²) < 4.78 is 4.97. The van der Waals surface area contributed by atoms with Gasteiger partial charge in [0.05, 0.1) is 7.11 Å². The molecule has 0 fully saturated rings. The number of carbonyl (C=O) groups is 1. The van der Waals surface area contributed by atoms with Gasteiger partial charge in [-0.2, -0.15) is 0 Å². The number of hydrazine groups is 1. The molecule has 0 aliphatic heterocycles. The van der Waals surface area contributed by atoms with E-state index >= 15 is 0 Å². The summed E-state index contributed by atoms with van der Waals surface area (Å²) >= 11 is 4.65. The molecule has 1 aromatic rings. The molecule has 0 unspecified atom stereocenters. The van der Waals surface area contributed by atoms with E-state index in [2.05, 4.69) is 23.0 Å². The number of ether oxygens (including phenoxy) is 1. The van der Waals surface area contributed by atoms with E-state index < -0.39 is 5.91 Å². The lowest BCUT2D eigenvalue weighted by Crippen LogP contribution is -2.38. The maximum atomic E-state index is 11.3. The second kappa shape index (κ2) is 5.28. The molecule has 0 radical (unpaired) electrons. The van der Waals surface area contributed by atoms with Gasteiger partial charge in [0.1, 0.15) is 5.75 Å². The van der Waals surface area contributed by atoms with Crippen LogP contribution in [0.4, 0.5) is 5.69 Å². The van der Waals surface area contributed by atoms with Crippen LogP contribution >= 0.6 is 12.2 Å². The summed E-state index contributed by atoms with van der Waals surface area (Å²) in [4.78, 5) is 11.2. The van der Waals surface area contributed by atoms with Crippen molar-refractivity contribution in [2.24, 2.45) is 5.84 Å². The highest BCUT2D eigenvalue weighted by atomic mass is 32.1. The van der Waals surface area contributed by atoms with Crippen molar-refractivity contribution in [3.05, 3.63) is 24.3 Å². The maximum absolute atomic E-state index is 11.3. The minimum absolute atomic E-state index is 0.0641. The fourth-order valence-electron chi connectivity index (χ4n) is 0.928. The van der Waals surface area contributed by atoms with Gasteiger partial charge in [-0.25, -0.2) is 5.84 Å². The van der Waals surface area contributed by atoms with Crippen LogP contribution in [0.1, 0.15) is 0 Å². The second-order valence-electron chi connectivity index (χ2n) is 2.66. The van der Waals surface area contributed by atoms with Gasteiger partial charge in [0.25, 0.3) is 5.91 Å². The Labute approximate surface area is 92.6 Å². The monoisotopic (exact) mass is 225 g/mol. The smallest absolute Gasteiger partial charge is 0.284 e.